The number of benzene rings is 1. The highest BCUT2D eigenvalue weighted by Gasteiger charge is 2.22. The van der Waals surface area contributed by atoms with Crippen LogP contribution < -0.4 is 20.1 Å². The van der Waals surface area contributed by atoms with E-state index in [1.807, 2.05) is 7.05 Å². The minimum absolute atomic E-state index is 0.0925. The van der Waals surface area contributed by atoms with Crippen molar-refractivity contribution in [2.75, 3.05) is 11.9 Å². The molecule has 4 rings (SSSR count). The van der Waals surface area contributed by atoms with Crippen LogP contribution in [0.15, 0.2) is 35.3 Å². The number of nitrogens with zero attached hydrogens (tertiary/aromatic N) is 3. The Labute approximate surface area is 167 Å². The van der Waals surface area contributed by atoms with Gasteiger partial charge in [0.05, 0.1) is 6.10 Å². The molecule has 0 spiro atoms. The standard InChI is InChI=1S/C21H23F2N3O3/c1-13-7-8-26-19(25(13)2)11-18(24-21(26)27)28-12-14-9-16(22)20(17(23)10-14)29-15-5-3-4-6-15/h9-11,15H,1,3-8,12H2,2H3. The van der Waals surface area contributed by atoms with Crippen molar-refractivity contribution in [1.82, 2.24) is 9.55 Å². The lowest BCUT2D eigenvalue weighted by atomic mass is 10.2. The van der Waals surface area contributed by atoms with Crippen LogP contribution in [0.4, 0.5) is 14.6 Å². The molecule has 1 saturated carbocycles. The zero-order valence-electron chi connectivity index (χ0n) is 16.3. The minimum Gasteiger partial charge on any atom is -0.484 e. The predicted molar refractivity (Wildman–Crippen MR) is 104 cm³/mol. The van der Waals surface area contributed by atoms with Gasteiger partial charge >= 0.3 is 5.69 Å². The number of anilines is 1. The fraction of sp³-hybridized carbons (Fsp3) is 0.429. The summed E-state index contributed by atoms with van der Waals surface area (Å²) in [5, 5.41) is 0. The van der Waals surface area contributed by atoms with Crippen LogP contribution in [0.3, 0.4) is 0 Å². The summed E-state index contributed by atoms with van der Waals surface area (Å²) < 4.78 is 41.3. The molecule has 2 aliphatic rings. The summed E-state index contributed by atoms with van der Waals surface area (Å²) in [4.78, 5) is 18.0. The molecule has 154 valence electrons. The number of hydrogen-bond acceptors (Lipinski definition) is 5. The lowest BCUT2D eigenvalue weighted by Crippen LogP contribution is -2.34. The molecule has 0 radical (unpaired) electrons. The number of halogens is 2. The van der Waals surface area contributed by atoms with E-state index >= 15 is 0 Å². The number of ether oxygens (including phenoxy) is 2. The third kappa shape index (κ3) is 3.97. The van der Waals surface area contributed by atoms with Crippen LogP contribution in [0, 0.1) is 11.6 Å². The molecule has 0 N–H and O–H groups in total. The highest BCUT2D eigenvalue weighted by Crippen LogP contribution is 2.30. The van der Waals surface area contributed by atoms with Gasteiger partial charge in [-0.3, -0.25) is 4.57 Å². The summed E-state index contributed by atoms with van der Waals surface area (Å²) in [5.41, 5.74) is 0.731. The molecule has 8 heteroatoms. The number of allylic oxidation sites excluding steroid dienone is 1. The molecule has 1 aromatic carbocycles. The summed E-state index contributed by atoms with van der Waals surface area (Å²) in [6.45, 7) is 4.34. The Morgan fingerprint density at radius 2 is 1.90 bits per heavy atom. The average molecular weight is 403 g/mol. The van der Waals surface area contributed by atoms with Crippen LogP contribution in [0.2, 0.25) is 0 Å². The molecule has 1 aliphatic heterocycles. The van der Waals surface area contributed by atoms with Crippen LogP contribution in [0.5, 0.6) is 11.6 Å². The molecule has 2 heterocycles. The largest absolute Gasteiger partial charge is 0.484 e. The second kappa shape index (κ2) is 7.85. The lowest BCUT2D eigenvalue weighted by Gasteiger charge is -2.30. The zero-order chi connectivity index (χ0) is 20.5. The second-order valence-corrected chi connectivity index (χ2v) is 7.46. The van der Waals surface area contributed by atoms with Crippen LogP contribution in [-0.2, 0) is 13.2 Å². The molecule has 29 heavy (non-hydrogen) atoms. The molecule has 1 aliphatic carbocycles. The minimum atomic E-state index is -0.759. The SMILES string of the molecule is C=C1CCn2c(cc(OCc3cc(F)c(OC4CCCC4)c(F)c3)nc2=O)N1C. The summed E-state index contributed by atoms with van der Waals surface area (Å²) in [7, 11) is 1.81. The van der Waals surface area contributed by atoms with Gasteiger partial charge in [0, 0.05) is 31.8 Å². The van der Waals surface area contributed by atoms with Crippen molar-refractivity contribution in [1.29, 1.82) is 0 Å². The molecule has 1 fully saturated rings. The first-order valence-corrected chi connectivity index (χ1v) is 9.73. The topological polar surface area (TPSA) is 56.6 Å². The molecule has 0 atom stereocenters. The monoisotopic (exact) mass is 403 g/mol. The summed E-state index contributed by atoms with van der Waals surface area (Å²) in [6, 6.07) is 4.00. The summed E-state index contributed by atoms with van der Waals surface area (Å²) >= 11 is 0. The predicted octanol–water partition coefficient (Wildman–Crippen LogP) is 3.78. The Kier molecular flexibility index (Phi) is 5.25. The van der Waals surface area contributed by atoms with Crippen molar-refractivity contribution in [2.24, 2.45) is 0 Å². The van der Waals surface area contributed by atoms with Gasteiger partial charge in [0.2, 0.25) is 5.88 Å². The van der Waals surface area contributed by atoms with E-state index in [1.165, 1.54) is 16.7 Å². The number of aromatic nitrogens is 2. The first-order chi connectivity index (χ1) is 13.9. The molecule has 0 unspecified atom stereocenters. The third-order valence-corrected chi connectivity index (χ3v) is 5.44. The van der Waals surface area contributed by atoms with E-state index in [4.69, 9.17) is 9.47 Å². The molecular formula is C21H23F2N3O3. The third-order valence-electron chi connectivity index (χ3n) is 5.44. The molecule has 0 bridgehead atoms. The normalized spacial score (nSPS) is 16.8. The number of rotatable bonds is 5. The van der Waals surface area contributed by atoms with Gasteiger partial charge in [0.15, 0.2) is 17.4 Å². The van der Waals surface area contributed by atoms with E-state index in [0.717, 1.165) is 31.4 Å². The molecule has 0 amide bonds. The Balaban J connectivity index is 1.50. The highest BCUT2D eigenvalue weighted by molar-refractivity contribution is 5.49. The van der Waals surface area contributed by atoms with Crippen LogP contribution in [-0.4, -0.2) is 22.7 Å². The maximum atomic E-state index is 14.4. The van der Waals surface area contributed by atoms with E-state index < -0.39 is 17.3 Å². The fourth-order valence-electron chi connectivity index (χ4n) is 3.74. The molecule has 2 aromatic rings. The highest BCUT2D eigenvalue weighted by atomic mass is 19.1. The van der Waals surface area contributed by atoms with Crippen molar-refractivity contribution in [3.63, 3.8) is 0 Å². The molecule has 1 aromatic heterocycles. The molecule has 6 nitrogen and oxygen atoms in total. The quantitative estimate of drug-likeness (QED) is 0.761. The number of hydrogen-bond donors (Lipinski definition) is 0. The smallest absolute Gasteiger partial charge is 0.352 e. The maximum absolute atomic E-state index is 14.4. The van der Waals surface area contributed by atoms with Crippen molar-refractivity contribution in [2.45, 2.75) is 51.4 Å². The van der Waals surface area contributed by atoms with Crippen LogP contribution in [0.25, 0.3) is 0 Å². The maximum Gasteiger partial charge on any atom is 0.352 e. The van der Waals surface area contributed by atoms with Crippen molar-refractivity contribution < 1.29 is 18.3 Å². The van der Waals surface area contributed by atoms with E-state index in [2.05, 4.69) is 11.6 Å². The Morgan fingerprint density at radius 1 is 1.21 bits per heavy atom. The van der Waals surface area contributed by atoms with Gasteiger partial charge in [-0.05, 0) is 43.4 Å². The van der Waals surface area contributed by atoms with E-state index in [0.29, 0.717) is 18.8 Å². The average Bonchev–Trinajstić information content (AvgIpc) is 3.19. The van der Waals surface area contributed by atoms with Gasteiger partial charge < -0.3 is 14.4 Å². The van der Waals surface area contributed by atoms with Gasteiger partial charge in [-0.25, -0.2) is 13.6 Å². The summed E-state index contributed by atoms with van der Waals surface area (Å²) in [5.74, 6) is -1.15. The molecular weight excluding hydrogens is 380 g/mol. The van der Waals surface area contributed by atoms with Gasteiger partial charge in [-0.1, -0.05) is 6.58 Å². The van der Waals surface area contributed by atoms with Gasteiger partial charge in [0.1, 0.15) is 12.4 Å². The van der Waals surface area contributed by atoms with E-state index in [1.54, 1.807) is 11.0 Å². The van der Waals surface area contributed by atoms with Crippen LogP contribution >= 0.6 is 0 Å². The Bertz CT molecular complexity index is 976. The van der Waals surface area contributed by atoms with Crippen molar-refractivity contribution >= 4 is 5.82 Å². The van der Waals surface area contributed by atoms with Gasteiger partial charge in [-0.15, -0.1) is 0 Å². The lowest BCUT2D eigenvalue weighted by molar-refractivity contribution is 0.190. The fourth-order valence-corrected chi connectivity index (χ4v) is 3.74. The van der Waals surface area contributed by atoms with Gasteiger partial charge in [-0.2, -0.15) is 4.98 Å². The van der Waals surface area contributed by atoms with Gasteiger partial charge in [0.25, 0.3) is 0 Å². The zero-order valence-corrected chi connectivity index (χ0v) is 16.3. The van der Waals surface area contributed by atoms with Crippen molar-refractivity contribution in [3.8, 4) is 11.6 Å². The first-order valence-electron chi connectivity index (χ1n) is 9.73. The van der Waals surface area contributed by atoms with Crippen molar-refractivity contribution in [3.05, 3.63) is 58.2 Å². The Hall–Kier alpha value is -2.90. The second-order valence-electron chi connectivity index (χ2n) is 7.46. The first kappa shape index (κ1) is 19.4. The van der Waals surface area contributed by atoms with E-state index in [-0.39, 0.29) is 29.9 Å². The van der Waals surface area contributed by atoms with Crippen LogP contribution in [0.1, 0.15) is 37.7 Å². The molecule has 0 saturated heterocycles. The number of fused-ring (bicyclic) bond motifs is 1. The summed E-state index contributed by atoms with van der Waals surface area (Å²) in [6.07, 6.45) is 4.17. The van der Waals surface area contributed by atoms with E-state index in [9.17, 15) is 13.6 Å². The Morgan fingerprint density at radius 3 is 2.59 bits per heavy atom.